The molecule has 0 aliphatic carbocycles. The lowest BCUT2D eigenvalue weighted by molar-refractivity contribution is 0.580. The van der Waals surface area contributed by atoms with Crippen LogP contribution in [0.4, 0.5) is 0 Å². The number of nitrogens with one attached hydrogen (secondary N) is 1. The zero-order valence-electron chi connectivity index (χ0n) is 16.0. The second-order valence-electron chi connectivity index (χ2n) is 7.08. The van der Waals surface area contributed by atoms with E-state index in [9.17, 15) is 8.42 Å². The van der Waals surface area contributed by atoms with Crippen LogP contribution in [0.15, 0.2) is 83.8 Å². The van der Waals surface area contributed by atoms with Crippen LogP contribution in [0.2, 0.25) is 0 Å². The Balaban J connectivity index is 1.97. The molecule has 0 bridgehead atoms. The molecule has 28 heavy (non-hydrogen) atoms. The number of hydrogen-bond donors (Lipinski definition) is 1. The average Bonchev–Trinajstić information content (AvgIpc) is 3.09. The van der Waals surface area contributed by atoms with Crippen LogP contribution in [0, 0.1) is 6.92 Å². The van der Waals surface area contributed by atoms with Gasteiger partial charge >= 0.3 is 0 Å². The summed E-state index contributed by atoms with van der Waals surface area (Å²) in [5.41, 5.74) is 4.72. The van der Waals surface area contributed by atoms with Crippen LogP contribution >= 0.6 is 0 Å². The smallest absolute Gasteiger partial charge is 0.185 e. The minimum atomic E-state index is -3.53. The van der Waals surface area contributed by atoms with E-state index in [1.54, 1.807) is 12.1 Å². The van der Waals surface area contributed by atoms with Crippen LogP contribution in [-0.4, -0.2) is 13.4 Å². The predicted molar refractivity (Wildman–Crippen MR) is 115 cm³/mol. The molecule has 0 aliphatic rings. The maximum atomic E-state index is 13.6. The van der Waals surface area contributed by atoms with E-state index in [-0.39, 0.29) is 0 Å². The van der Waals surface area contributed by atoms with Gasteiger partial charge in [-0.25, -0.2) is 8.42 Å². The number of H-pyrrole nitrogens is 1. The van der Waals surface area contributed by atoms with Crippen molar-refractivity contribution in [3.63, 3.8) is 0 Å². The van der Waals surface area contributed by atoms with Gasteiger partial charge in [0.1, 0.15) is 0 Å². The SMILES string of the molecule is CCC(c1c(-c2ccccc2)[nH]c2ccccc12)S(=O)(=O)c1ccc(C)cc1. The first-order chi connectivity index (χ1) is 13.5. The van der Waals surface area contributed by atoms with Crippen molar-refractivity contribution >= 4 is 20.7 Å². The Kier molecular flexibility index (Phi) is 4.82. The number of hydrogen-bond acceptors (Lipinski definition) is 2. The molecule has 3 aromatic carbocycles. The minimum Gasteiger partial charge on any atom is -0.354 e. The molecule has 0 spiro atoms. The third kappa shape index (κ3) is 3.14. The molecule has 0 aliphatic heterocycles. The number of para-hydroxylation sites is 1. The van der Waals surface area contributed by atoms with Crippen LogP contribution in [0.3, 0.4) is 0 Å². The summed E-state index contributed by atoms with van der Waals surface area (Å²) in [6.07, 6.45) is 0.498. The molecule has 0 radical (unpaired) electrons. The molecule has 0 amide bonds. The lowest BCUT2D eigenvalue weighted by Gasteiger charge is -2.18. The van der Waals surface area contributed by atoms with E-state index in [0.29, 0.717) is 11.3 Å². The van der Waals surface area contributed by atoms with E-state index >= 15 is 0 Å². The zero-order valence-corrected chi connectivity index (χ0v) is 16.8. The van der Waals surface area contributed by atoms with Gasteiger partial charge in [0.15, 0.2) is 9.84 Å². The Morgan fingerprint density at radius 3 is 2.18 bits per heavy atom. The Hall–Kier alpha value is -2.85. The molecular weight excluding hydrogens is 366 g/mol. The lowest BCUT2D eigenvalue weighted by Crippen LogP contribution is -2.14. The monoisotopic (exact) mass is 389 g/mol. The highest BCUT2D eigenvalue weighted by molar-refractivity contribution is 7.91. The van der Waals surface area contributed by atoms with Crippen molar-refractivity contribution < 1.29 is 8.42 Å². The predicted octanol–water partition coefficient (Wildman–Crippen LogP) is 6.07. The van der Waals surface area contributed by atoms with Gasteiger partial charge in [0.05, 0.1) is 15.8 Å². The molecule has 4 rings (SSSR count). The van der Waals surface area contributed by atoms with Crippen molar-refractivity contribution in [3.05, 3.63) is 90.0 Å². The van der Waals surface area contributed by atoms with E-state index in [0.717, 1.165) is 33.3 Å². The summed E-state index contributed by atoms with van der Waals surface area (Å²) in [5, 5.41) is 0.338. The minimum absolute atomic E-state index is 0.370. The fourth-order valence-corrected chi connectivity index (χ4v) is 5.64. The maximum Gasteiger partial charge on any atom is 0.185 e. The molecule has 0 saturated carbocycles. The topological polar surface area (TPSA) is 49.9 Å². The van der Waals surface area contributed by atoms with Gasteiger partial charge in [-0.3, -0.25) is 0 Å². The molecule has 0 fully saturated rings. The van der Waals surface area contributed by atoms with Gasteiger partial charge in [0, 0.05) is 16.5 Å². The summed E-state index contributed by atoms with van der Waals surface area (Å²) in [5.74, 6) is 0. The van der Waals surface area contributed by atoms with Gasteiger partial charge < -0.3 is 4.98 Å². The maximum absolute atomic E-state index is 13.6. The summed E-state index contributed by atoms with van der Waals surface area (Å²) in [4.78, 5) is 3.83. The molecular formula is C24H23NO2S. The normalized spacial score (nSPS) is 12.9. The molecule has 3 nitrogen and oxygen atoms in total. The van der Waals surface area contributed by atoms with Crippen LogP contribution in [0.1, 0.15) is 29.7 Å². The number of aryl methyl sites for hydroxylation is 1. The standard InChI is InChI=1S/C24H23NO2S/c1-3-22(28(26,27)19-15-13-17(2)14-16-19)23-20-11-7-8-12-21(20)25-24(23)18-9-5-4-6-10-18/h4-16,22,25H,3H2,1-2H3. The molecule has 142 valence electrons. The quantitative estimate of drug-likeness (QED) is 0.450. The van der Waals surface area contributed by atoms with Gasteiger partial charge in [-0.05, 0) is 37.1 Å². The first kappa shape index (κ1) is 18.5. The first-order valence-corrected chi connectivity index (χ1v) is 11.0. The fourth-order valence-electron chi connectivity index (χ4n) is 3.80. The molecule has 1 heterocycles. The van der Waals surface area contributed by atoms with Crippen molar-refractivity contribution in [1.82, 2.24) is 4.98 Å². The summed E-state index contributed by atoms with van der Waals surface area (Å²) in [6, 6.07) is 25.0. The molecule has 1 atom stereocenters. The van der Waals surface area contributed by atoms with Crippen molar-refractivity contribution in [3.8, 4) is 11.3 Å². The van der Waals surface area contributed by atoms with E-state index in [2.05, 4.69) is 4.98 Å². The molecule has 4 heteroatoms. The van der Waals surface area contributed by atoms with Crippen LogP contribution in [-0.2, 0) is 9.84 Å². The second-order valence-corrected chi connectivity index (χ2v) is 9.21. The van der Waals surface area contributed by atoms with Crippen molar-refractivity contribution in [2.24, 2.45) is 0 Å². The van der Waals surface area contributed by atoms with Crippen LogP contribution < -0.4 is 0 Å². The summed E-state index contributed by atoms with van der Waals surface area (Å²) in [6.45, 7) is 3.90. The Labute approximate surface area is 166 Å². The molecule has 1 unspecified atom stereocenters. The van der Waals surface area contributed by atoms with Crippen LogP contribution in [0.5, 0.6) is 0 Å². The lowest BCUT2D eigenvalue weighted by atomic mass is 10.0. The number of sulfone groups is 1. The van der Waals surface area contributed by atoms with Crippen LogP contribution in [0.25, 0.3) is 22.2 Å². The second kappa shape index (κ2) is 7.28. The first-order valence-electron chi connectivity index (χ1n) is 9.49. The highest BCUT2D eigenvalue weighted by Crippen LogP contribution is 2.41. The summed E-state index contributed by atoms with van der Waals surface area (Å²) in [7, 11) is -3.53. The fraction of sp³-hybridized carbons (Fsp3) is 0.167. The van der Waals surface area contributed by atoms with Gasteiger partial charge in [-0.1, -0.05) is 73.2 Å². The van der Waals surface area contributed by atoms with Gasteiger partial charge in [0.25, 0.3) is 0 Å². The number of rotatable bonds is 5. The van der Waals surface area contributed by atoms with E-state index in [4.69, 9.17) is 0 Å². The highest BCUT2D eigenvalue weighted by atomic mass is 32.2. The average molecular weight is 390 g/mol. The Morgan fingerprint density at radius 1 is 0.857 bits per heavy atom. The van der Waals surface area contributed by atoms with Crippen molar-refractivity contribution in [2.75, 3.05) is 0 Å². The number of aromatic nitrogens is 1. The zero-order chi connectivity index (χ0) is 19.7. The van der Waals surface area contributed by atoms with Gasteiger partial charge in [-0.15, -0.1) is 0 Å². The summed E-state index contributed by atoms with van der Waals surface area (Å²) < 4.78 is 27.2. The third-order valence-corrected chi connectivity index (χ3v) is 7.47. The van der Waals surface area contributed by atoms with Crippen molar-refractivity contribution in [1.29, 1.82) is 0 Å². The van der Waals surface area contributed by atoms with E-state index < -0.39 is 15.1 Å². The van der Waals surface area contributed by atoms with Crippen molar-refractivity contribution in [2.45, 2.75) is 30.4 Å². The third-order valence-electron chi connectivity index (χ3n) is 5.23. The molecule has 1 aromatic heterocycles. The van der Waals surface area contributed by atoms with Gasteiger partial charge in [0.2, 0.25) is 0 Å². The molecule has 0 saturated heterocycles. The van der Waals surface area contributed by atoms with E-state index in [1.807, 2.05) is 80.6 Å². The molecule has 4 aromatic rings. The number of benzene rings is 3. The van der Waals surface area contributed by atoms with Gasteiger partial charge in [-0.2, -0.15) is 0 Å². The number of fused-ring (bicyclic) bond motifs is 1. The Bertz CT molecular complexity index is 1210. The summed E-state index contributed by atoms with van der Waals surface area (Å²) >= 11 is 0. The highest BCUT2D eigenvalue weighted by Gasteiger charge is 2.32. The largest absolute Gasteiger partial charge is 0.354 e. The number of aromatic amines is 1. The van der Waals surface area contributed by atoms with E-state index in [1.165, 1.54) is 0 Å². The molecule has 1 N–H and O–H groups in total. The Morgan fingerprint density at radius 2 is 1.50 bits per heavy atom.